The van der Waals surface area contributed by atoms with Crippen molar-refractivity contribution in [2.75, 3.05) is 23.3 Å². The van der Waals surface area contributed by atoms with E-state index in [0.717, 1.165) is 40.6 Å². The summed E-state index contributed by atoms with van der Waals surface area (Å²) in [5.74, 6) is 0.0123. The highest BCUT2D eigenvalue weighted by Gasteiger charge is 2.22. The van der Waals surface area contributed by atoms with Gasteiger partial charge in [0, 0.05) is 28.9 Å². The second-order valence-electron chi connectivity index (χ2n) is 6.18. The second kappa shape index (κ2) is 6.69. The van der Waals surface area contributed by atoms with E-state index in [2.05, 4.69) is 38.8 Å². The number of para-hydroxylation sites is 1. The molecular weight excluding hydrogens is 330 g/mol. The smallest absolute Gasteiger partial charge is 0.243 e. The molecular formula is C20H19N3OS. The fourth-order valence-electron chi connectivity index (χ4n) is 3.19. The molecule has 2 aromatic carbocycles. The lowest BCUT2D eigenvalue weighted by Gasteiger charge is -2.19. The molecule has 3 aromatic rings. The number of thiazole rings is 1. The lowest BCUT2D eigenvalue weighted by molar-refractivity contribution is -0.115. The third-order valence-electron chi connectivity index (χ3n) is 4.38. The van der Waals surface area contributed by atoms with Gasteiger partial charge in [-0.3, -0.25) is 4.79 Å². The maximum Gasteiger partial charge on any atom is 0.243 e. The Hall–Kier alpha value is -2.66. The Labute approximate surface area is 151 Å². The number of hydrogen-bond acceptors (Lipinski definition) is 4. The van der Waals surface area contributed by atoms with E-state index in [1.807, 2.05) is 37.3 Å². The number of carbonyl (C=O) groups is 1. The predicted octanol–water partition coefficient (Wildman–Crippen LogP) is 4.12. The van der Waals surface area contributed by atoms with Crippen molar-refractivity contribution >= 4 is 28.6 Å². The SMILES string of the molecule is Cc1nc(-c2ccc3c(c2)CCN3CC(=O)Nc2ccccc2)cs1. The van der Waals surface area contributed by atoms with E-state index in [4.69, 9.17) is 0 Å². The minimum Gasteiger partial charge on any atom is -0.362 e. The van der Waals surface area contributed by atoms with Gasteiger partial charge in [0.1, 0.15) is 0 Å². The van der Waals surface area contributed by atoms with Gasteiger partial charge in [-0.25, -0.2) is 4.98 Å². The Balaban J connectivity index is 1.47. The van der Waals surface area contributed by atoms with Crippen LogP contribution in [0.4, 0.5) is 11.4 Å². The number of nitrogens with zero attached hydrogens (tertiary/aromatic N) is 2. The Morgan fingerprint density at radius 2 is 2.08 bits per heavy atom. The van der Waals surface area contributed by atoms with Crippen LogP contribution in [0.3, 0.4) is 0 Å². The van der Waals surface area contributed by atoms with E-state index >= 15 is 0 Å². The molecule has 0 saturated heterocycles. The topological polar surface area (TPSA) is 45.2 Å². The first kappa shape index (κ1) is 15.8. The zero-order chi connectivity index (χ0) is 17.2. The quantitative estimate of drug-likeness (QED) is 0.771. The summed E-state index contributed by atoms with van der Waals surface area (Å²) in [7, 11) is 0. The Bertz CT molecular complexity index is 904. The van der Waals surface area contributed by atoms with Crippen molar-refractivity contribution in [3.63, 3.8) is 0 Å². The average molecular weight is 349 g/mol. The largest absolute Gasteiger partial charge is 0.362 e. The van der Waals surface area contributed by atoms with Gasteiger partial charge in [-0.1, -0.05) is 24.3 Å². The predicted molar refractivity (Wildman–Crippen MR) is 103 cm³/mol. The number of amides is 1. The Morgan fingerprint density at radius 3 is 2.84 bits per heavy atom. The lowest BCUT2D eigenvalue weighted by atomic mass is 10.1. The molecule has 0 bridgehead atoms. The molecule has 1 N–H and O–H groups in total. The van der Waals surface area contributed by atoms with Gasteiger partial charge in [0.15, 0.2) is 0 Å². The monoisotopic (exact) mass is 349 g/mol. The van der Waals surface area contributed by atoms with Crippen molar-refractivity contribution in [1.82, 2.24) is 4.98 Å². The van der Waals surface area contributed by atoms with Crippen LogP contribution in [0, 0.1) is 6.92 Å². The molecule has 4 rings (SSSR count). The summed E-state index contributed by atoms with van der Waals surface area (Å²) < 4.78 is 0. The minimum atomic E-state index is 0.0123. The van der Waals surface area contributed by atoms with Crippen LogP contribution in [0.1, 0.15) is 10.6 Å². The molecule has 5 heteroatoms. The molecule has 0 radical (unpaired) electrons. The molecule has 1 amide bonds. The molecule has 0 atom stereocenters. The Kier molecular flexibility index (Phi) is 4.24. The minimum absolute atomic E-state index is 0.0123. The number of anilines is 2. The van der Waals surface area contributed by atoms with Crippen LogP contribution in [-0.2, 0) is 11.2 Å². The number of rotatable bonds is 4. The molecule has 0 aliphatic carbocycles. The van der Waals surface area contributed by atoms with E-state index in [0.29, 0.717) is 6.54 Å². The summed E-state index contributed by atoms with van der Waals surface area (Å²) in [6.07, 6.45) is 0.963. The third-order valence-corrected chi connectivity index (χ3v) is 5.15. The lowest BCUT2D eigenvalue weighted by Crippen LogP contribution is -2.31. The molecule has 4 nitrogen and oxygen atoms in total. The highest BCUT2D eigenvalue weighted by Crippen LogP contribution is 2.32. The number of nitrogens with one attached hydrogen (secondary N) is 1. The van der Waals surface area contributed by atoms with Crippen LogP contribution in [-0.4, -0.2) is 24.0 Å². The molecule has 0 unspecified atom stereocenters. The van der Waals surface area contributed by atoms with Crippen LogP contribution in [0.25, 0.3) is 11.3 Å². The van der Waals surface area contributed by atoms with Gasteiger partial charge >= 0.3 is 0 Å². The van der Waals surface area contributed by atoms with Crippen molar-refractivity contribution in [3.05, 3.63) is 64.5 Å². The first-order valence-electron chi connectivity index (χ1n) is 8.34. The Morgan fingerprint density at radius 1 is 1.24 bits per heavy atom. The van der Waals surface area contributed by atoms with E-state index < -0.39 is 0 Å². The van der Waals surface area contributed by atoms with Crippen molar-refractivity contribution in [1.29, 1.82) is 0 Å². The number of carbonyl (C=O) groups excluding carboxylic acids is 1. The molecule has 2 heterocycles. The molecule has 1 aliphatic rings. The second-order valence-corrected chi connectivity index (χ2v) is 7.24. The molecule has 1 aromatic heterocycles. The van der Waals surface area contributed by atoms with Crippen LogP contribution in [0.15, 0.2) is 53.9 Å². The van der Waals surface area contributed by atoms with E-state index in [1.54, 1.807) is 11.3 Å². The first-order chi connectivity index (χ1) is 12.2. The zero-order valence-corrected chi connectivity index (χ0v) is 14.8. The molecule has 0 saturated carbocycles. The summed E-state index contributed by atoms with van der Waals surface area (Å²) in [5.41, 5.74) is 5.46. The molecule has 126 valence electrons. The van der Waals surface area contributed by atoms with Gasteiger partial charge < -0.3 is 10.2 Å². The molecule has 25 heavy (non-hydrogen) atoms. The summed E-state index contributed by atoms with van der Waals surface area (Å²) >= 11 is 1.67. The van der Waals surface area contributed by atoms with Crippen molar-refractivity contribution in [3.8, 4) is 11.3 Å². The number of benzene rings is 2. The zero-order valence-electron chi connectivity index (χ0n) is 14.0. The normalized spacial score (nSPS) is 12.9. The first-order valence-corrected chi connectivity index (χ1v) is 9.22. The van der Waals surface area contributed by atoms with Crippen LogP contribution in [0.2, 0.25) is 0 Å². The average Bonchev–Trinajstić information content (AvgIpc) is 3.22. The molecule has 0 spiro atoms. The summed E-state index contributed by atoms with van der Waals surface area (Å²) in [4.78, 5) is 19.0. The number of fused-ring (bicyclic) bond motifs is 1. The molecule has 0 fully saturated rings. The van der Waals surface area contributed by atoms with Crippen LogP contribution < -0.4 is 10.2 Å². The summed E-state index contributed by atoms with van der Waals surface area (Å²) in [5, 5.41) is 6.12. The fraction of sp³-hybridized carbons (Fsp3) is 0.200. The van der Waals surface area contributed by atoms with Gasteiger partial charge in [-0.15, -0.1) is 11.3 Å². The van der Waals surface area contributed by atoms with E-state index in [9.17, 15) is 4.79 Å². The van der Waals surface area contributed by atoms with Gasteiger partial charge in [-0.2, -0.15) is 0 Å². The van der Waals surface area contributed by atoms with Crippen molar-refractivity contribution in [2.45, 2.75) is 13.3 Å². The maximum absolute atomic E-state index is 12.3. The van der Waals surface area contributed by atoms with Gasteiger partial charge in [0.25, 0.3) is 0 Å². The van der Waals surface area contributed by atoms with Crippen molar-refractivity contribution in [2.24, 2.45) is 0 Å². The van der Waals surface area contributed by atoms with Gasteiger partial charge in [-0.05, 0) is 43.2 Å². The number of aromatic nitrogens is 1. The molecule has 1 aliphatic heterocycles. The van der Waals surface area contributed by atoms with E-state index in [1.165, 1.54) is 5.56 Å². The highest BCUT2D eigenvalue weighted by molar-refractivity contribution is 7.09. The van der Waals surface area contributed by atoms with Gasteiger partial charge in [0.05, 0.1) is 17.2 Å². The van der Waals surface area contributed by atoms with Crippen LogP contribution in [0.5, 0.6) is 0 Å². The summed E-state index contributed by atoms with van der Waals surface area (Å²) in [6.45, 7) is 3.27. The highest BCUT2D eigenvalue weighted by atomic mass is 32.1. The number of hydrogen-bond donors (Lipinski definition) is 1. The standard InChI is InChI=1S/C20H19N3OS/c1-14-21-18(13-25-14)15-7-8-19-16(11-15)9-10-23(19)12-20(24)22-17-5-3-2-4-6-17/h2-8,11,13H,9-10,12H2,1H3,(H,22,24). The van der Waals surface area contributed by atoms with Gasteiger partial charge in [0.2, 0.25) is 5.91 Å². The third kappa shape index (κ3) is 3.42. The van der Waals surface area contributed by atoms with Crippen molar-refractivity contribution < 1.29 is 4.79 Å². The van der Waals surface area contributed by atoms with E-state index in [-0.39, 0.29) is 5.91 Å². The fourth-order valence-corrected chi connectivity index (χ4v) is 3.81. The van der Waals surface area contributed by atoms with Crippen LogP contribution >= 0.6 is 11.3 Å². The maximum atomic E-state index is 12.3. The number of aryl methyl sites for hydroxylation is 1. The summed E-state index contributed by atoms with van der Waals surface area (Å²) in [6, 6.07) is 16.0.